The van der Waals surface area contributed by atoms with Crippen molar-refractivity contribution in [2.75, 3.05) is 0 Å². The molecule has 1 aliphatic rings. The summed E-state index contributed by atoms with van der Waals surface area (Å²) < 4.78 is 53.9. The van der Waals surface area contributed by atoms with E-state index in [1.54, 1.807) is 12.1 Å². The van der Waals surface area contributed by atoms with Gasteiger partial charge in [0.2, 0.25) is 11.7 Å². The number of ether oxygens (including phenoxy) is 3. The molecule has 1 unspecified atom stereocenters. The van der Waals surface area contributed by atoms with E-state index in [4.69, 9.17) is 14.2 Å². The average Bonchev–Trinajstić information content (AvgIpc) is 2.83. The van der Waals surface area contributed by atoms with Crippen molar-refractivity contribution in [3.8, 4) is 17.4 Å². The van der Waals surface area contributed by atoms with E-state index in [0.29, 0.717) is 6.20 Å². The Hall–Kier alpha value is -4.47. The highest BCUT2D eigenvalue weighted by Gasteiger charge is 2.31. The number of pyridine rings is 1. The first-order chi connectivity index (χ1) is 16.6. The van der Waals surface area contributed by atoms with E-state index in [1.807, 2.05) is 0 Å². The Balaban J connectivity index is 1.35. The molecular formula is C25H16F3NO6. The minimum Gasteiger partial charge on any atom is -0.479 e. The fourth-order valence-electron chi connectivity index (χ4n) is 3.13. The summed E-state index contributed by atoms with van der Waals surface area (Å²) >= 11 is 0. The first-order valence-electron chi connectivity index (χ1n) is 10.2. The second-order valence-corrected chi connectivity index (χ2v) is 7.39. The first-order valence-corrected chi connectivity index (χ1v) is 10.2. The normalized spacial score (nSPS) is 14.0. The Morgan fingerprint density at radius 3 is 2.20 bits per heavy atom. The highest BCUT2D eigenvalue weighted by Crippen LogP contribution is 2.30. The Bertz CT molecular complexity index is 1310. The first kappa shape index (κ1) is 23.7. The average molecular weight is 483 g/mol. The molecular weight excluding hydrogens is 467 g/mol. The van der Waals surface area contributed by atoms with Crippen molar-refractivity contribution in [2.24, 2.45) is 0 Å². The molecule has 0 aliphatic heterocycles. The molecule has 0 fully saturated rings. The Morgan fingerprint density at radius 1 is 0.914 bits per heavy atom. The molecule has 2 aromatic carbocycles. The second kappa shape index (κ2) is 9.41. The summed E-state index contributed by atoms with van der Waals surface area (Å²) in [7, 11) is 0. The number of halogens is 3. The molecule has 7 nitrogen and oxygen atoms in total. The molecule has 0 saturated carbocycles. The number of rotatable bonds is 6. The van der Waals surface area contributed by atoms with Crippen molar-refractivity contribution in [2.45, 2.75) is 19.2 Å². The number of esters is 1. The van der Waals surface area contributed by atoms with E-state index < -0.39 is 35.4 Å². The zero-order valence-corrected chi connectivity index (χ0v) is 18.0. The lowest BCUT2D eigenvalue weighted by atomic mass is 9.94. The molecule has 0 amide bonds. The molecule has 10 heteroatoms. The van der Waals surface area contributed by atoms with Crippen molar-refractivity contribution < 1.29 is 41.8 Å². The minimum absolute atomic E-state index is 0.0369. The largest absolute Gasteiger partial charge is 0.479 e. The van der Waals surface area contributed by atoms with E-state index in [9.17, 15) is 27.6 Å². The van der Waals surface area contributed by atoms with Crippen LogP contribution < -0.4 is 9.47 Å². The monoisotopic (exact) mass is 483 g/mol. The summed E-state index contributed by atoms with van der Waals surface area (Å²) in [6.07, 6.45) is -3.99. The lowest BCUT2D eigenvalue weighted by Gasteiger charge is -2.17. The maximum Gasteiger partial charge on any atom is 0.417 e. The second-order valence-electron chi connectivity index (χ2n) is 7.39. The lowest BCUT2D eigenvalue weighted by Crippen LogP contribution is -2.29. The highest BCUT2D eigenvalue weighted by atomic mass is 19.4. The summed E-state index contributed by atoms with van der Waals surface area (Å²) in [6, 6.07) is 14.0. The van der Waals surface area contributed by atoms with Crippen LogP contribution in [0.2, 0.25) is 0 Å². The number of carbonyl (C=O) groups excluding carboxylic acids is 3. The molecule has 1 aliphatic carbocycles. The summed E-state index contributed by atoms with van der Waals surface area (Å²) in [5, 5.41) is 0. The van der Waals surface area contributed by atoms with Crippen molar-refractivity contribution in [3.63, 3.8) is 0 Å². The van der Waals surface area contributed by atoms with Crippen LogP contribution in [-0.2, 0) is 15.7 Å². The number of aromatic nitrogens is 1. The Kier molecular flexibility index (Phi) is 6.37. The number of hydrogen-bond donors (Lipinski definition) is 0. The van der Waals surface area contributed by atoms with Gasteiger partial charge in [0.25, 0.3) is 0 Å². The molecule has 1 heterocycles. The number of hydrogen-bond acceptors (Lipinski definition) is 7. The third-order valence-corrected chi connectivity index (χ3v) is 4.89. The van der Waals surface area contributed by atoms with Gasteiger partial charge in [0.05, 0.1) is 5.56 Å². The Morgan fingerprint density at radius 2 is 1.57 bits per heavy atom. The summed E-state index contributed by atoms with van der Waals surface area (Å²) in [6.45, 7) is 1.41. The van der Waals surface area contributed by atoms with Crippen LogP contribution in [0.3, 0.4) is 0 Å². The van der Waals surface area contributed by atoms with Crippen molar-refractivity contribution in [1.82, 2.24) is 4.98 Å². The van der Waals surface area contributed by atoms with Crippen LogP contribution in [0.5, 0.6) is 17.4 Å². The lowest BCUT2D eigenvalue weighted by molar-refractivity contribution is -0.146. The molecule has 3 aromatic rings. The molecule has 0 N–H and O–H groups in total. The quantitative estimate of drug-likeness (QED) is 0.447. The van der Waals surface area contributed by atoms with Gasteiger partial charge in [-0.2, -0.15) is 13.2 Å². The maximum atomic E-state index is 12.6. The van der Waals surface area contributed by atoms with Gasteiger partial charge < -0.3 is 14.2 Å². The molecule has 0 bridgehead atoms. The molecule has 1 atom stereocenters. The van der Waals surface area contributed by atoms with E-state index >= 15 is 0 Å². The number of benzene rings is 2. The summed E-state index contributed by atoms with van der Waals surface area (Å²) in [4.78, 5) is 40.8. The van der Waals surface area contributed by atoms with Crippen molar-refractivity contribution in [1.29, 1.82) is 0 Å². The van der Waals surface area contributed by atoms with Crippen molar-refractivity contribution >= 4 is 17.5 Å². The van der Waals surface area contributed by atoms with E-state index in [1.165, 1.54) is 43.3 Å². The molecule has 0 radical (unpaired) electrons. The number of nitrogens with zero attached hydrogens (tertiary/aromatic N) is 1. The maximum absolute atomic E-state index is 12.6. The number of fused-ring (bicyclic) bond motifs is 1. The van der Waals surface area contributed by atoms with Crippen LogP contribution in [-0.4, -0.2) is 28.6 Å². The van der Waals surface area contributed by atoms with E-state index in [2.05, 4.69) is 4.98 Å². The predicted octanol–water partition coefficient (Wildman–Crippen LogP) is 5.17. The number of Topliss-reactive ketones (excluding diaryl/α,β-unsaturated/α-hetero) is 1. The molecule has 35 heavy (non-hydrogen) atoms. The zero-order chi connectivity index (χ0) is 25.2. The van der Waals surface area contributed by atoms with Crippen LogP contribution in [0.1, 0.15) is 33.2 Å². The van der Waals surface area contributed by atoms with Crippen LogP contribution in [0.25, 0.3) is 0 Å². The molecule has 1 aromatic heterocycles. The summed E-state index contributed by atoms with van der Waals surface area (Å²) in [5.74, 6) is -1.81. The van der Waals surface area contributed by atoms with Gasteiger partial charge in [-0.3, -0.25) is 9.59 Å². The predicted molar refractivity (Wildman–Crippen MR) is 115 cm³/mol. The zero-order valence-electron chi connectivity index (χ0n) is 18.0. The smallest absolute Gasteiger partial charge is 0.417 e. The van der Waals surface area contributed by atoms with Crippen LogP contribution in [0, 0.1) is 0 Å². The van der Waals surface area contributed by atoms with Crippen LogP contribution >= 0.6 is 0 Å². The molecule has 178 valence electrons. The topological polar surface area (TPSA) is 91.8 Å². The highest BCUT2D eigenvalue weighted by molar-refractivity contribution is 6.24. The number of alkyl halides is 3. The van der Waals surface area contributed by atoms with E-state index in [-0.39, 0.29) is 34.3 Å². The van der Waals surface area contributed by atoms with Gasteiger partial charge in [-0.05, 0) is 37.3 Å². The SMILES string of the molecule is CC(Oc1ccc(Oc2ccc(C(F)(F)F)cn2)cc1)C(=O)OC1=CC(=O)c2ccccc2C1=O. The standard InChI is InChI=1S/C25H16F3NO6/c1-14(24(32)35-21-12-20(30)18-4-2-3-5-19(18)23(21)31)33-16-7-9-17(10-8-16)34-22-11-6-15(13-29-22)25(26,27)28/h2-14H,1H3. The number of carbonyl (C=O) groups is 3. The fourth-order valence-corrected chi connectivity index (χ4v) is 3.13. The fraction of sp³-hybridized carbons (Fsp3) is 0.120. The number of ketones is 2. The minimum atomic E-state index is -4.50. The van der Waals surface area contributed by atoms with Gasteiger partial charge in [-0.25, -0.2) is 9.78 Å². The van der Waals surface area contributed by atoms with Crippen molar-refractivity contribution in [3.05, 3.63) is 95.4 Å². The third-order valence-electron chi connectivity index (χ3n) is 4.89. The van der Waals surface area contributed by atoms with Gasteiger partial charge >= 0.3 is 12.1 Å². The van der Waals surface area contributed by atoms with Gasteiger partial charge in [0.1, 0.15) is 11.5 Å². The molecule has 4 rings (SSSR count). The third kappa shape index (κ3) is 5.37. The van der Waals surface area contributed by atoms with Crippen LogP contribution in [0.15, 0.2) is 78.7 Å². The van der Waals surface area contributed by atoms with Gasteiger partial charge in [0, 0.05) is 29.5 Å². The number of allylic oxidation sites excluding steroid dienone is 2. The van der Waals surface area contributed by atoms with Gasteiger partial charge in [0.15, 0.2) is 17.6 Å². The van der Waals surface area contributed by atoms with Crippen LogP contribution in [0.4, 0.5) is 13.2 Å². The van der Waals surface area contributed by atoms with Gasteiger partial charge in [-0.1, -0.05) is 24.3 Å². The Labute approximate surface area is 196 Å². The van der Waals surface area contributed by atoms with E-state index in [0.717, 1.165) is 18.2 Å². The molecule has 0 saturated heterocycles. The van der Waals surface area contributed by atoms with Gasteiger partial charge in [-0.15, -0.1) is 0 Å². The molecule has 0 spiro atoms. The summed E-state index contributed by atoms with van der Waals surface area (Å²) in [5.41, 5.74) is -0.515.